The third-order valence-electron chi connectivity index (χ3n) is 3.67. The first-order valence-corrected chi connectivity index (χ1v) is 6.94. The Kier molecular flexibility index (Phi) is 3.53. The van der Waals surface area contributed by atoms with Crippen molar-refractivity contribution < 1.29 is 4.74 Å². The molecule has 0 radical (unpaired) electrons. The van der Waals surface area contributed by atoms with E-state index in [1.165, 1.54) is 0 Å². The normalized spacial score (nSPS) is 22.4. The lowest BCUT2D eigenvalue weighted by atomic mass is 10.0. The van der Waals surface area contributed by atoms with Crippen LogP contribution in [-0.2, 0) is 4.74 Å². The van der Waals surface area contributed by atoms with Gasteiger partial charge in [-0.05, 0) is 31.9 Å². The molecule has 4 heteroatoms. The molecule has 1 aliphatic heterocycles. The van der Waals surface area contributed by atoms with E-state index in [0.717, 1.165) is 30.4 Å². The Morgan fingerprint density at radius 3 is 3.05 bits per heavy atom. The molecule has 0 bridgehead atoms. The summed E-state index contributed by atoms with van der Waals surface area (Å²) in [4.78, 5) is 4.59. The zero-order valence-electron chi connectivity index (χ0n) is 11.5. The third kappa shape index (κ3) is 2.59. The van der Waals surface area contributed by atoms with E-state index >= 15 is 0 Å². The molecule has 3 rings (SSSR count). The van der Waals surface area contributed by atoms with Crippen molar-refractivity contribution in [3.8, 4) is 6.07 Å². The van der Waals surface area contributed by atoms with E-state index in [4.69, 9.17) is 4.74 Å². The molecule has 2 heterocycles. The number of rotatable bonds is 2. The second-order valence-electron chi connectivity index (χ2n) is 5.24. The molecule has 1 fully saturated rings. The van der Waals surface area contributed by atoms with Crippen LogP contribution in [0, 0.1) is 11.3 Å². The summed E-state index contributed by atoms with van der Waals surface area (Å²) in [6.07, 6.45) is 2.15. The Morgan fingerprint density at radius 1 is 1.40 bits per heavy atom. The van der Waals surface area contributed by atoms with E-state index in [9.17, 15) is 5.26 Å². The van der Waals surface area contributed by atoms with E-state index in [2.05, 4.69) is 23.3 Å². The van der Waals surface area contributed by atoms with Gasteiger partial charge in [0.25, 0.3) is 0 Å². The monoisotopic (exact) mass is 267 g/mol. The first-order valence-electron chi connectivity index (χ1n) is 6.94. The highest BCUT2D eigenvalue weighted by Crippen LogP contribution is 2.23. The number of para-hydroxylation sites is 1. The zero-order chi connectivity index (χ0) is 13.9. The van der Waals surface area contributed by atoms with Gasteiger partial charge in [0.1, 0.15) is 11.9 Å². The predicted molar refractivity (Wildman–Crippen MR) is 78.5 cm³/mol. The lowest BCUT2D eigenvalue weighted by Crippen LogP contribution is -2.33. The summed E-state index contributed by atoms with van der Waals surface area (Å²) in [6, 6.07) is 12.3. The molecule has 1 aromatic heterocycles. The second kappa shape index (κ2) is 5.48. The quantitative estimate of drug-likeness (QED) is 0.908. The molecule has 2 aromatic rings. The molecule has 0 saturated carbocycles. The fourth-order valence-electron chi connectivity index (χ4n) is 2.63. The van der Waals surface area contributed by atoms with Crippen molar-refractivity contribution in [3.63, 3.8) is 0 Å². The van der Waals surface area contributed by atoms with Crippen LogP contribution >= 0.6 is 0 Å². The predicted octanol–water partition coefficient (Wildman–Crippen LogP) is 3.09. The van der Waals surface area contributed by atoms with Crippen molar-refractivity contribution in [1.82, 2.24) is 4.98 Å². The van der Waals surface area contributed by atoms with Gasteiger partial charge in [0.05, 0.1) is 17.2 Å². The maximum absolute atomic E-state index is 9.30. The molecule has 1 saturated heterocycles. The molecule has 20 heavy (non-hydrogen) atoms. The Bertz CT molecular complexity index is 662. The number of anilines is 1. The molecule has 0 spiro atoms. The van der Waals surface area contributed by atoms with E-state index in [0.29, 0.717) is 17.4 Å². The average Bonchev–Trinajstić information content (AvgIpc) is 2.46. The van der Waals surface area contributed by atoms with Gasteiger partial charge in [0, 0.05) is 18.0 Å². The van der Waals surface area contributed by atoms with Crippen LogP contribution in [0.25, 0.3) is 10.9 Å². The van der Waals surface area contributed by atoms with Gasteiger partial charge >= 0.3 is 0 Å². The first kappa shape index (κ1) is 12.9. The molecule has 4 nitrogen and oxygen atoms in total. The molecule has 1 N–H and O–H groups in total. The van der Waals surface area contributed by atoms with Crippen molar-refractivity contribution in [2.24, 2.45) is 0 Å². The van der Waals surface area contributed by atoms with Gasteiger partial charge in [-0.1, -0.05) is 18.2 Å². The van der Waals surface area contributed by atoms with Crippen LogP contribution in [0.2, 0.25) is 0 Å². The largest absolute Gasteiger partial charge is 0.378 e. The van der Waals surface area contributed by atoms with Gasteiger partial charge in [0.15, 0.2) is 0 Å². The Labute approximate surface area is 118 Å². The number of aromatic nitrogens is 1. The highest BCUT2D eigenvalue weighted by atomic mass is 16.5. The van der Waals surface area contributed by atoms with Crippen molar-refractivity contribution in [2.75, 3.05) is 11.9 Å². The average molecular weight is 267 g/mol. The maximum atomic E-state index is 9.30. The fraction of sp³-hybridized carbons (Fsp3) is 0.375. The summed E-state index contributed by atoms with van der Waals surface area (Å²) in [5.41, 5.74) is 1.51. The van der Waals surface area contributed by atoms with Crippen molar-refractivity contribution in [2.45, 2.75) is 31.9 Å². The molecular formula is C16H17N3O. The smallest absolute Gasteiger partial charge is 0.144 e. The van der Waals surface area contributed by atoms with Gasteiger partial charge < -0.3 is 10.1 Å². The van der Waals surface area contributed by atoms with Gasteiger partial charge in [-0.15, -0.1) is 0 Å². The molecule has 2 atom stereocenters. The van der Waals surface area contributed by atoms with E-state index in [1.54, 1.807) is 0 Å². The second-order valence-corrected chi connectivity index (χ2v) is 5.24. The summed E-state index contributed by atoms with van der Waals surface area (Å²) in [7, 11) is 0. The number of hydrogen-bond acceptors (Lipinski definition) is 4. The maximum Gasteiger partial charge on any atom is 0.144 e. The van der Waals surface area contributed by atoms with E-state index in [-0.39, 0.29) is 6.10 Å². The fourth-order valence-corrected chi connectivity index (χ4v) is 2.63. The first-order chi connectivity index (χ1) is 9.76. The minimum Gasteiger partial charge on any atom is -0.378 e. The molecule has 0 amide bonds. The van der Waals surface area contributed by atoms with Gasteiger partial charge in [-0.2, -0.15) is 5.26 Å². The van der Waals surface area contributed by atoms with Crippen molar-refractivity contribution >= 4 is 16.7 Å². The van der Waals surface area contributed by atoms with E-state index < -0.39 is 0 Å². The van der Waals surface area contributed by atoms with Gasteiger partial charge in [-0.3, -0.25) is 0 Å². The summed E-state index contributed by atoms with van der Waals surface area (Å²) in [5, 5.41) is 13.7. The molecule has 102 valence electrons. The van der Waals surface area contributed by atoms with Gasteiger partial charge in [0.2, 0.25) is 0 Å². The SMILES string of the molecule is CC1CC(Nc2nc3ccccc3cc2C#N)CCO1. The zero-order valence-corrected chi connectivity index (χ0v) is 11.5. The lowest BCUT2D eigenvalue weighted by Gasteiger charge is -2.28. The summed E-state index contributed by atoms with van der Waals surface area (Å²) in [6.45, 7) is 2.83. The molecule has 1 aromatic carbocycles. The van der Waals surface area contributed by atoms with Crippen LogP contribution in [0.3, 0.4) is 0 Å². The van der Waals surface area contributed by atoms with Crippen LogP contribution in [0.4, 0.5) is 5.82 Å². The third-order valence-corrected chi connectivity index (χ3v) is 3.67. The van der Waals surface area contributed by atoms with Gasteiger partial charge in [-0.25, -0.2) is 4.98 Å². The minimum atomic E-state index is 0.257. The Hall–Kier alpha value is -2.12. The van der Waals surface area contributed by atoms with Crippen LogP contribution < -0.4 is 5.32 Å². The number of ether oxygens (including phenoxy) is 1. The molecule has 2 unspecified atom stereocenters. The van der Waals surface area contributed by atoms with Crippen molar-refractivity contribution in [1.29, 1.82) is 5.26 Å². The summed E-state index contributed by atoms with van der Waals surface area (Å²) < 4.78 is 5.55. The number of pyridine rings is 1. The van der Waals surface area contributed by atoms with Crippen LogP contribution in [-0.4, -0.2) is 23.7 Å². The molecular weight excluding hydrogens is 250 g/mol. The Morgan fingerprint density at radius 2 is 2.25 bits per heavy atom. The number of hydrogen-bond donors (Lipinski definition) is 1. The number of benzene rings is 1. The molecule has 1 aliphatic rings. The van der Waals surface area contributed by atoms with Crippen LogP contribution in [0.15, 0.2) is 30.3 Å². The number of nitrogens with zero attached hydrogens (tertiary/aromatic N) is 2. The van der Waals surface area contributed by atoms with E-state index in [1.807, 2.05) is 30.3 Å². The number of fused-ring (bicyclic) bond motifs is 1. The van der Waals surface area contributed by atoms with Crippen LogP contribution in [0.1, 0.15) is 25.3 Å². The standard InChI is InChI=1S/C16H17N3O/c1-11-8-14(6-7-20-11)18-16-13(10-17)9-12-4-2-3-5-15(12)19-16/h2-5,9,11,14H,6-8H2,1H3,(H,18,19). The summed E-state index contributed by atoms with van der Waals surface area (Å²) in [5.74, 6) is 0.685. The number of nitriles is 1. The highest BCUT2D eigenvalue weighted by Gasteiger charge is 2.20. The molecule has 0 aliphatic carbocycles. The Balaban J connectivity index is 1.91. The van der Waals surface area contributed by atoms with Crippen LogP contribution in [0.5, 0.6) is 0 Å². The minimum absolute atomic E-state index is 0.257. The van der Waals surface area contributed by atoms with Crippen molar-refractivity contribution in [3.05, 3.63) is 35.9 Å². The lowest BCUT2D eigenvalue weighted by molar-refractivity contribution is 0.0232. The summed E-state index contributed by atoms with van der Waals surface area (Å²) >= 11 is 0. The topological polar surface area (TPSA) is 57.9 Å². The number of nitrogens with one attached hydrogen (secondary N) is 1. The highest BCUT2D eigenvalue weighted by molar-refractivity contribution is 5.82.